The maximum atomic E-state index is 15.0. The Bertz CT molecular complexity index is 1680. The van der Waals surface area contributed by atoms with Crippen LogP contribution in [0, 0.1) is 5.82 Å². The number of amides is 1. The Morgan fingerprint density at radius 3 is 2.69 bits per heavy atom. The number of primary amides is 1. The van der Waals surface area contributed by atoms with Crippen molar-refractivity contribution in [3.05, 3.63) is 81.6 Å². The van der Waals surface area contributed by atoms with Gasteiger partial charge in [-0.05, 0) is 84.5 Å². The van der Waals surface area contributed by atoms with E-state index in [1.807, 2.05) is 24.4 Å². The highest BCUT2D eigenvalue weighted by Gasteiger charge is 2.43. The number of aromatic nitrogens is 3. The zero-order chi connectivity index (χ0) is 29.0. The summed E-state index contributed by atoms with van der Waals surface area (Å²) >= 11 is 3.47. The summed E-state index contributed by atoms with van der Waals surface area (Å²) in [6, 6.07) is 12.0. The molecular weight excluding hydrogens is 605 g/mol. The normalized spacial score (nSPS) is 22.4. The quantitative estimate of drug-likeness (QED) is 0.277. The molecule has 7 rings (SSSR count). The molecule has 2 atom stereocenters. The lowest BCUT2D eigenvalue weighted by molar-refractivity contribution is -0.0712. The van der Waals surface area contributed by atoms with Gasteiger partial charge in [0.1, 0.15) is 16.2 Å². The van der Waals surface area contributed by atoms with Gasteiger partial charge in [0, 0.05) is 24.7 Å². The Kier molecular flexibility index (Phi) is 6.91. The monoisotopic (exact) mass is 635 g/mol. The summed E-state index contributed by atoms with van der Waals surface area (Å²) in [5.41, 5.74) is 8.65. The Labute approximate surface area is 250 Å². The van der Waals surface area contributed by atoms with Gasteiger partial charge in [0.15, 0.2) is 11.5 Å². The third kappa shape index (κ3) is 4.93. The molecule has 2 unspecified atom stereocenters. The standard InChI is InChI=1S/C31H31BrFN5O4/c1-31(22-6-5-19(30(34)39)13-23(22)33)41-26-4-2-3-21(29(26)42-31)18-7-10-37(11-8-18)17-28-36-24-14-27(32)35-15-25(24)38(28)16-20-9-12-40-20/h2-6,13-15,18,20H,7-12,16-17H2,1H3,(H2,34,39). The minimum absolute atomic E-state index is 0.0966. The number of nitrogens with two attached hydrogens (primary N) is 1. The Morgan fingerprint density at radius 2 is 1.98 bits per heavy atom. The van der Waals surface area contributed by atoms with E-state index in [4.69, 9.17) is 24.9 Å². The van der Waals surface area contributed by atoms with Gasteiger partial charge in [0.25, 0.3) is 5.79 Å². The minimum atomic E-state index is -1.35. The average Bonchev–Trinajstić information content (AvgIpc) is 3.47. The molecule has 11 heteroatoms. The van der Waals surface area contributed by atoms with Crippen LogP contribution in [0.4, 0.5) is 4.39 Å². The lowest BCUT2D eigenvalue weighted by Crippen LogP contribution is -2.35. The highest BCUT2D eigenvalue weighted by atomic mass is 79.9. The number of halogens is 2. The molecule has 218 valence electrons. The summed E-state index contributed by atoms with van der Waals surface area (Å²) < 4.78 is 36.3. The highest BCUT2D eigenvalue weighted by molar-refractivity contribution is 9.10. The first kappa shape index (κ1) is 27.3. The van der Waals surface area contributed by atoms with Crippen molar-refractivity contribution in [2.24, 2.45) is 5.73 Å². The molecule has 2 aromatic carbocycles. The van der Waals surface area contributed by atoms with E-state index in [1.165, 1.54) is 12.1 Å². The molecule has 2 aromatic heterocycles. The minimum Gasteiger partial charge on any atom is -0.444 e. The average molecular weight is 637 g/mol. The summed E-state index contributed by atoms with van der Waals surface area (Å²) in [6.45, 7) is 5.84. The number of rotatable bonds is 7. The second-order valence-electron chi connectivity index (χ2n) is 11.3. The van der Waals surface area contributed by atoms with Gasteiger partial charge >= 0.3 is 0 Å². The predicted molar refractivity (Wildman–Crippen MR) is 157 cm³/mol. The third-order valence-electron chi connectivity index (χ3n) is 8.61. The third-order valence-corrected chi connectivity index (χ3v) is 9.04. The first-order valence-corrected chi connectivity index (χ1v) is 15.0. The van der Waals surface area contributed by atoms with E-state index in [-0.39, 0.29) is 23.1 Å². The highest BCUT2D eigenvalue weighted by Crippen LogP contribution is 2.49. The number of hydrogen-bond donors (Lipinski definition) is 1. The maximum absolute atomic E-state index is 15.0. The van der Waals surface area contributed by atoms with Gasteiger partial charge in [-0.3, -0.25) is 9.69 Å². The molecule has 1 amide bonds. The molecule has 0 saturated carbocycles. The number of imidazole rings is 1. The summed E-state index contributed by atoms with van der Waals surface area (Å²) in [4.78, 5) is 23.3. The number of ether oxygens (including phenoxy) is 3. The van der Waals surface area contributed by atoms with Crippen LogP contribution in [0.2, 0.25) is 0 Å². The first-order valence-electron chi connectivity index (χ1n) is 14.2. The van der Waals surface area contributed by atoms with E-state index in [1.54, 1.807) is 6.92 Å². The van der Waals surface area contributed by atoms with E-state index in [9.17, 15) is 4.79 Å². The van der Waals surface area contributed by atoms with Crippen LogP contribution < -0.4 is 15.2 Å². The van der Waals surface area contributed by atoms with Crippen LogP contribution in [0.5, 0.6) is 11.5 Å². The van der Waals surface area contributed by atoms with Crippen molar-refractivity contribution >= 4 is 32.9 Å². The van der Waals surface area contributed by atoms with Crippen molar-refractivity contribution in [1.82, 2.24) is 19.4 Å². The zero-order valence-corrected chi connectivity index (χ0v) is 24.8. The number of carbonyl (C=O) groups is 1. The van der Waals surface area contributed by atoms with Gasteiger partial charge in [-0.2, -0.15) is 0 Å². The smallest absolute Gasteiger partial charge is 0.278 e. The molecule has 2 saturated heterocycles. The summed E-state index contributed by atoms with van der Waals surface area (Å²) in [7, 11) is 0. The van der Waals surface area contributed by atoms with Gasteiger partial charge in [-0.25, -0.2) is 14.4 Å². The predicted octanol–water partition coefficient (Wildman–Crippen LogP) is 5.24. The van der Waals surface area contributed by atoms with E-state index >= 15 is 4.39 Å². The van der Waals surface area contributed by atoms with E-state index in [2.05, 4.69) is 36.4 Å². The Hall–Kier alpha value is -3.54. The van der Waals surface area contributed by atoms with Crippen LogP contribution >= 0.6 is 15.9 Å². The molecule has 42 heavy (non-hydrogen) atoms. The van der Waals surface area contributed by atoms with Crippen molar-refractivity contribution in [3.8, 4) is 11.5 Å². The molecule has 9 nitrogen and oxygen atoms in total. The summed E-state index contributed by atoms with van der Waals surface area (Å²) in [5.74, 6) is -0.116. The van der Waals surface area contributed by atoms with Gasteiger partial charge in [0.2, 0.25) is 5.91 Å². The number of fused-ring (bicyclic) bond motifs is 2. The molecule has 2 fully saturated rings. The van der Waals surface area contributed by atoms with Gasteiger partial charge in [0.05, 0.1) is 42.0 Å². The fourth-order valence-corrected chi connectivity index (χ4v) is 6.54. The molecule has 3 aliphatic heterocycles. The number of likely N-dealkylation sites (tertiary alicyclic amines) is 1. The van der Waals surface area contributed by atoms with Crippen LogP contribution in [0.25, 0.3) is 11.0 Å². The number of piperidine rings is 1. The summed E-state index contributed by atoms with van der Waals surface area (Å²) in [6.07, 6.45) is 5.05. The number of carbonyl (C=O) groups excluding carboxylic acids is 1. The number of para-hydroxylation sites is 1. The fraction of sp³-hybridized carbons (Fsp3) is 0.387. The summed E-state index contributed by atoms with van der Waals surface area (Å²) in [5, 5.41) is 0. The van der Waals surface area contributed by atoms with Crippen molar-refractivity contribution in [2.45, 2.75) is 57.1 Å². The molecule has 0 bridgehead atoms. The van der Waals surface area contributed by atoms with Gasteiger partial charge in [-0.1, -0.05) is 12.1 Å². The molecule has 4 aromatic rings. The van der Waals surface area contributed by atoms with Crippen LogP contribution in [0.15, 0.2) is 53.3 Å². The lowest BCUT2D eigenvalue weighted by Gasteiger charge is -2.33. The number of benzene rings is 2. The largest absolute Gasteiger partial charge is 0.444 e. The molecule has 0 aliphatic carbocycles. The molecule has 3 aliphatic rings. The molecule has 0 spiro atoms. The van der Waals surface area contributed by atoms with Crippen LogP contribution in [0.3, 0.4) is 0 Å². The van der Waals surface area contributed by atoms with Gasteiger partial charge in [-0.15, -0.1) is 0 Å². The molecule has 2 N–H and O–H groups in total. The Balaban J connectivity index is 1.07. The Morgan fingerprint density at radius 1 is 1.17 bits per heavy atom. The number of hydrogen-bond acceptors (Lipinski definition) is 7. The van der Waals surface area contributed by atoms with Crippen LogP contribution in [-0.4, -0.2) is 51.1 Å². The van der Waals surface area contributed by atoms with Crippen molar-refractivity contribution in [1.29, 1.82) is 0 Å². The SMILES string of the molecule is CC1(c2ccc(C(N)=O)cc2F)Oc2cccc(C3CCN(Cc4nc5cc(Br)ncc5n4CC4CCO4)CC3)c2O1. The van der Waals surface area contributed by atoms with Crippen molar-refractivity contribution < 1.29 is 23.4 Å². The molecular formula is C31H31BrFN5O4. The van der Waals surface area contributed by atoms with E-state index in [0.29, 0.717) is 11.5 Å². The zero-order valence-electron chi connectivity index (χ0n) is 23.2. The lowest BCUT2D eigenvalue weighted by atomic mass is 9.88. The topological polar surface area (TPSA) is 105 Å². The van der Waals surface area contributed by atoms with E-state index < -0.39 is 17.5 Å². The second kappa shape index (κ2) is 10.6. The first-order chi connectivity index (χ1) is 20.3. The van der Waals surface area contributed by atoms with E-state index in [0.717, 1.165) is 85.1 Å². The van der Waals surface area contributed by atoms with Crippen molar-refractivity contribution in [2.75, 3.05) is 19.7 Å². The number of nitrogens with zero attached hydrogens (tertiary/aromatic N) is 4. The maximum Gasteiger partial charge on any atom is 0.278 e. The van der Waals surface area contributed by atoms with Crippen molar-refractivity contribution in [3.63, 3.8) is 0 Å². The van der Waals surface area contributed by atoms with Gasteiger partial charge < -0.3 is 24.5 Å². The molecule has 5 heterocycles. The van der Waals surface area contributed by atoms with Crippen LogP contribution in [0.1, 0.15) is 59.4 Å². The fourth-order valence-electron chi connectivity index (χ4n) is 6.22. The van der Waals surface area contributed by atoms with Crippen LogP contribution in [-0.2, 0) is 23.6 Å². The molecule has 0 radical (unpaired) electrons. The second-order valence-corrected chi connectivity index (χ2v) is 12.2. The number of pyridine rings is 1.